The highest BCUT2D eigenvalue weighted by Crippen LogP contribution is 2.34. The van der Waals surface area contributed by atoms with Crippen LogP contribution >= 0.6 is 11.8 Å². The van der Waals surface area contributed by atoms with E-state index in [1.807, 2.05) is 42.2 Å². The average molecular weight is 681 g/mol. The second-order valence-electron chi connectivity index (χ2n) is 13.0. The van der Waals surface area contributed by atoms with Gasteiger partial charge in [-0.2, -0.15) is 0 Å². The number of carbonyl (C=O) groups is 1. The smallest absolute Gasteiger partial charge is 0.251 e. The lowest BCUT2D eigenvalue weighted by molar-refractivity contribution is -0.112. The molecule has 3 aromatic carbocycles. The van der Waals surface area contributed by atoms with Crippen LogP contribution in [-0.4, -0.2) is 54.1 Å². The summed E-state index contributed by atoms with van der Waals surface area (Å²) < 4.78 is 13.7. The third kappa shape index (κ3) is 10.7. The standard InChI is InChI=1S/C41H52N4O3S/c1-5-7-24-47-25-26-48-37-14-9-32(10-15-37)33-11-18-39-35(28-33)29-34(19-21-45(39)30-31(3)4)41(46)43-36-12-16-38(17-13-36)49-27-23-44-22-20-42-40(44)8-6-2/h9-18,20,22,28-29,31H,5-8,19,21,23-27,30H2,1-4H3,(H,43,46). The van der Waals surface area contributed by atoms with E-state index < -0.39 is 0 Å². The van der Waals surface area contributed by atoms with E-state index in [9.17, 15) is 4.79 Å². The molecule has 4 aromatic rings. The van der Waals surface area contributed by atoms with E-state index in [0.717, 1.165) is 97.2 Å². The fraction of sp³-hybridized carbons (Fsp3) is 0.415. The maximum Gasteiger partial charge on any atom is 0.251 e. The first kappa shape index (κ1) is 36.3. The van der Waals surface area contributed by atoms with Crippen molar-refractivity contribution >= 4 is 35.1 Å². The molecule has 1 aliphatic rings. The molecule has 0 saturated carbocycles. The molecule has 0 atom stereocenters. The number of imidazole rings is 1. The summed E-state index contributed by atoms with van der Waals surface area (Å²) in [5, 5.41) is 3.17. The van der Waals surface area contributed by atoms with Crippen LogP contribution in [0.2, 0.25) is 0 Å². The molecule has 5 rings (SSSR count). The highest BCUT2D eigenvalue weighted by Gasteiger charge is 2.21. The van der Waals surface area contributed by atoms with Crippen molar-refractivity contribution in [3.8, 4) is 16.9 Å². The van der Waals surface area contributed by atoms with E-state index >= 15 is 0 Å². The summed E-state index contributed by atoms with van der Waals surface area (Å²) in [6.07, 6.45) is 11.0. The van der Waals surface area contributed by atoms with Gasteiger partial charge in [0.15, 0.2) is 0 Å². The van der Waals surface area contributed by atoms with Crippen molar-refractivity contribution in [2.45, 2.75) is 71.2 Å². The van der Waals surface area contributed by atoms with E-state index in [2.05, 4.69) is 102 Å². The van der Waals surface area contributed by atoms with Crippen molar-refractivity contribution in [3.05, 3.63) is 96.1 Å². The minimum atomic E-state index is -0.0492. The lowest BCUT2D eigenvalue weighted by atomic mass is 10.00. The summed E-state index contributed by atoms with van der Waals surface area (Å²) >= 11 is 1.82. The summed E-state index contributed by atoms with van der Waals surface area (Å²) in [6.45, 7) is 13.4. The Morgan fingerprint density at radius 1 is 0.959 bits per heavy atom. The van der Waals surface area contributed by atoms with Crippen molar-refractivity contribution in [2.24, 2.45) is 5.92 Å². The molecule has 0 bridgehead atoms. The molecule has 260 valence electrons. The fourth-order valence-corrected chi connectivity index (χ4v) is 6.85. The predicted molar refractivity (Wildman–Crippen MR) is 205 cm³/mol. The molecule has 0 saturated heterocycles. The predicted octanol–water partition coefficient (Wildman–Crippen LogP) is 9.38. The highest BCUT2D eigenvalue weighted by molar-refractivity contribution is 7.99. The molecule has 0 aliphatic carbocycles. The third-order valence-corrected chi connectivity index (χ3v) is 9.53. The minimum Gasteiger partial charge on any atom is -0.491 e. The van der Waals surface area contributed by atoms with Crippen molar-refractivity contribution in [1.29, 1.82) is 0 Å². The van der Waals surface area contributed by atoms with Crippen LogP contribution in [0.15, 0.2) is 89.6 Å². The Morgan fingerprint density at radius 3 is 2.51 bits per heavy atom. The molecule has 0 spiro atoms. The second kappa shape index (κ2) is 18.7. The zero-order chi connectivity index (χ0) is 34.4. The molecular weight excluding hydrogens is 629 g/mol. The molecule has 1 aromatic heterocycles. The number of aryl methyl sites for hydroxylation is 2. The quantitative estimate of drug-likeness (QED) is 0.0835. The molecule has 49 heavy (non-hydrogen) atoms. The SMILES string of the molecule is CCCCOCCOc1ccc(-c2ccc3c(c2)C=C(C(=O)Nc2ccc(SCCn4ccnc4CCC)cc2)CCN3CC(C)C)cc1. The monoisotopic (exact) mass is 680 g/mol. The fourth-order valence-electron chi connectivity index (χ4n) is 6.00. The van der Waals surface area contributed by atoms with Gasteiger partial charge in [-0.1, -0.05) is 52.3 Å². The topological polar surface area (TPSA) is 68.6 Å². The van der Waals surface area contributed by atoms with Crippen molar-refractivity contribution < 1.29 is 14.3 Å². The van der Waals surface area contributed by atoms with Crippen LogP contribution in [-0.2, 0) is 22.5 Å². The van der Waals surface area contributed by atoms with Gasteiger partial charge in [-0.3, -0.25) is 4.79 Å². The van der Waals surface area contributed by atoms with E-state index in [0.29, 0.717) is 25.6 Å². The Balaban J connectivity index is 1.23. The number of carbonyl (C=O) groups excluding carboxylic acids is 1. The van der Waals surface area contributed by atoms with Gasteiger partial charge >= 0.3 is 0 Å². The number of thioether (sulfide) groups is 1. The van der Waals surface area contributed by atoms with Crippen LogP contribution in [0.1, 0.15) is 64.8 Å². The number of nitrogens with zero attached hydrogens (tertiary/aromatic N) is 3. The average Bonchev–Trinajstić information content (AvgIpc) is 3.46. The van der Waals surface area contributed by atoms with Gasteiger partial charge in [-0.25, -0.2) is 4.98 Å². The number of hydrogen-bond acceptors (Lipinski definition) is 6. The van der Waals surface area contributed by atoms with E-state index in [1.165, 1.54) is 10.6 Å². The molecule has 0 unspecified atom stereocenters. The number of anilines is 2. The lowest BCUT2D eigenvalue weighted by Gasteiger charge is -2.27. The summed E-state index contributed by atoms with van der Waals surface area (Å²) in [5.41, 5.74) is 6.05. The van der Waals surface area contributed by atoms with Gasteiger partial charge in [0.2, 0.25) is 0 Å². The summed E-state index contributed by atoms with van der Waals surface area (Å²) in [5.74, 6) is 3.40. The number of fused-ring (bicyclic) bond motifs is 1. The van der Waals surface area contributed by atoms with Crippen LogP contribution in [0.3, 0.4) is 0 Å². The van der Waals surface area contributed by atoms with E-state index in [-0.39, 0.29) is 5.91 Å². The van der Waals surface area contributed by atoms with Crippen molar-refractivity contribution in [1.82, 2.24) is 9.55 Å². The molecule has 2 heterocycles. The molecule has 0 fully saturated rings. The van der Waals surface area contributed by atoms with Gasteiger partial charge in [0.25, 0.3) is 5.91 Å². The Labute approximate surface area is 297 Å². The van der Waals surface area contributed by atoms with Gasteiger partial charge in [0, 0.05) is 72.7 Å². The first-order valence-corrected chi connectivity index (χ1v) is 18.9. The first-order chi connectivity index (χ1) is 23.9. The van der Waals surface area contributed by atoms with Crippen LogP contribution in [0.5, 0.6) is 5.75 Å². The number of ether oxygens (including phenoxy) is 2. The van der Waals surface area contributed by atoms with Gasteiger partial charge in [-0.15, -0.1) is 11.8 Å². The summed E-state index contributed by atoms with van der Waals surface area (Å²) in [6, 6.07) is 23.0. The number of amides is 1. The summed E-state index contributed by atoms with van der Waals surface area (Å²) in [4.78, 5) is 21.7. The van der Waals surface area contributed by atoms with Crippen LogP contribution < -0.4 is 15.0 Å². The van der Waals surface area contributed by atoms with Gasteiger partial charge in [0.1, 0.15) is 18.2 Å². The molecule has 1 amide bonds. The number of aromatic nitrogens is 2. The normalized spacial score (nSPS) is 12.8. The number of rotatable bonds is 18. The molecule has 1 N–H and O–H groups in total. The number of benzene rings is 3. The van der Waals surface area contributed by atoms with Crippen molar-refractivity contribution in [3.63, 3.8) is 0 Å². The Morgan fingerprint density at radius 2 is 1.76 bits per heavy atom. The second-order valence-corrected chi connectivity index (χ2v) is 14.2. The third-order valence-electron chi connectivity index (χ3n) is 8.54. The molecule has 1 aliphatic heterocycles. The summed E-state index contributed by atoms with van der Waals surface area (Å²) in [7, 11) is 0. The maximum atomic E-state index is 13.7. The highest BCUT2D eigenvalue weighted by atomic mass is 32.2. The Bertz CT molecular complexity index is 1650. The zero-order valence-electron chi connectivity index (χ0n) is 29.6. The zero-order valence-corrected chi connectivity index (χ0v) is 30.4. The number of nitrogens with one attached hydrogen (secondary N) is 1. The Kier molecular flexibility index (Phi) is 13.8. The van der Waals surface area contributed by atoms with E-state index in [1.54, 1.807) is 0 Å². The minimum absolute atomic E-state index is 0.0492. The molecule has 8 heteroatoms. The van der Waals surface area contributed by atoms with Crippen LogP contribution in [0, 0.1) is 5.92 Å². The van der Waals surface area contributed by atoms with Crippen LogP contribution in [0.25, 0.3) is 17.2 Å². The van der Waals surface area contributed by atoms with E-state index in [4.69, 9.17) is 9.47 Å². The van der Waals surface area contributed by atoms with Crippen LogP contribution in [0.4, 0.5) is 11.4 Å². The molecule has 0 radical (unpaired) electrons. The lowest BCUT2D eigenvalue weighted by Crippen LogP contribution is -2.29. The first-order valence-electron chi connectivity index (χ1n) is 17.9. The number of unbranched alkanes of at least 4 members (excludes halogenated alkanes) is 1. The van der Waals surface area contributed by atoms with Gasteiger partial charge < -0.3 is 24.3 Å². The van der Waals surface area contributed by atoms with Gasteiger partial charge in [0.05, 0.1) is 6.61 Å². The van der Waals surface area contributed by atoms with Gasteiger partial charge in [-0.05, 0) is 96.5 Å². The largest absolute Gasteiger partial charge is 0.491 e. The number of hydrogen-bond donors (Lipinski definition) is 1. The van der Waals surface area contributed by atoms with Crippen molar-refractivity contribution in [2.75, 3.05) is 48.9 Å². The Hall–Kier alpha value is -4.01. The maximum absolute atomic E-state index is 13.7. The molecule has 7 nitrogen and oxygen atoms in total. The molecular formula is C41H52N4O3S.